The van der Waals surface area contributed by atoms with Crippen LogP contribution in [0.1, 0.15) is 109 Å². The van der Waals surface area contributed by atoms with E-state index in [2.05, 4.69) is 5.32 Å². The third kappa shape index (κ3) is 12.6. The molecule has 0 aromatic rings. The topological polar surface area (TPSA) is 229 Å². The van der Waals surface area contributed by atoms with Gasteiger partial charge in [-0.1, -0.05) is 20.8 Å². The molecular formula is C43H81N3O14. The lowest BCUT2D eigenvalue weighted by Crippen LogP contribution is -2.61. The van der Waals surface area contributed by atoms with Crippen molar-refractivity contribution < 1.29 is 68.6 Å². The number of esters is 1. The zero-order valence-corrected chi connectivity index (χ0v) is 38.9. The SMILES string of the molecule is CC[C@H]1OC(=O)[C@H](C)[C@@H](O[C@H]2C[C@@](C)(OC)[C@@H](O)[C@H](C)O2)[C@H](C)[C@@H](O[C@@H]2O[C@H](C)C[C@H](N(C)CC(NC(C)=O)[C@H](C)O)[C@H]2O)[C@](C)(O)C[C@@H](C)CN(C)[C@H](C)[C@@H](O)[C@]1(C)O. The Kier molecular flexibility index (Phi) is 18.8. The van der Waals surface area contributed by atoms with Crippen LogP contribution in [0.15, 0.2) is 0 Å². The van der Waals surface area contributed by atoms with Crippen LogP contribution in [-0.4, -0.2) is 189 Å². The summed E-state index contributed by atoms with van der Waals surface area (Å²) in [5.41, 5.74) is -4.57. The van der Waals surface area contributed by atoms with Crippen molar-refractivity contribution >= 4 is 11.9 Å². The average molecular weight is 864 g/mol. The number of hydrogen-bond acceptors (Lipinski definition) is 16. The van der Waals surface area contributed by atoms with Crippen molar-refractivity contribution in [1.82, 2.24) is 15.1 Å². The third-order valence-corrected chi connectivity index (χ3v) is 13.6. The van der Waals surface area contributed by atoms with Gasteiger partial charge in [-0.2, -0.15) is 0 Å². The van der Waals surface area contributed by atoms with E-state index in [1.165, 1.54) is 21.0 Å². The van der Waals surface area contributed by atoms with E-state index in [9.17, 15) is 40.2 Å². The second kappa shape index (κ2) is 21.4. The number of cyclic esters (lactones) is 1. The van der Waals surface area contributed by atoms with Gasteiger partial charge in [0.15, 0.2) is 12.6 Å². The van der Waals surface area contributed by atoms with Crippen molar-refractivity contribution in [3.8, 4) is 0 Å². The molecule has 0 saturated carbocycles. The average Bonchev–Trinajstić information content (AvgIpc) is 3.15. The van der Waals surface area contributed by atoms with E-state index in [0.717, 1.165) is 0 Å². The normalized spacial score (nSPS) is 45.6. The van der Waals surface area contributed by atoms with E-state index in [0.29, 0.717) is 13.0 Å². The minimum Gasteiger partial charge on any atom is -0.459 e. The second-order valence-electron chi connectivity index (χ2n) is 19.2. The largest absolute Gasteiger partial charge is 0.459 e. The monoisotopic (exact) mass is 864 g/mol. The molecule has 0 spiro atoms. The standard InChI is InChI=1S/C43H81N3O14/c1-16-32-43(12,54)36(50)26(6)45(13)20-22(2)18-41(10,53)38(60-40-34(49)31(17-23(3)56-40)46(14)21-30(27(7)47)44-29(9)48)24(4)35(25(5)39(52)58-32)59-33-19-42(11,55-15)37(51)28(8)57-33/h22-28,30-38,40,47,49-51,53-54H,16-21H2,1-15H3,(H,44,48)/t22-,23-,24+,25-,26-,27+,28+,30?,31+,32-,33+,34-,35+,36-,37+,38-,40+,41-,42-,43-/m1/s1. The molecule has 17 nitrogen and oxygen atoms in total. The molecule has 3 fully saturated rings. The summed E-state index contributed by atoms with van der Waals surface area (Å²) in [4.78, 5) is 30.1. The first kappa shape index (κ1) is 52.8. The molecule has 60 heavy (non-hydrogen) atoms. The molecule has 1 amide bonds. The van der Waals surface area contributed by atoms with Crippen molar-refractivity contribution in [3.63, 3.8) is 0 Å². The zero-order valence-electron chi connectivity index (χ0n) is 38.9. The lowest BCUT2D eigenvalue weighted by molar-refractivity contribution is -0.318. The van der Waals surface area contributed by atoms with Gasteiger partial charge in [0, 0.05) is 51.5 Å². The molecule has 20 atom stereocenters. The molecule has 3 heterocycles. The fourth-order valence-corrected chi connectivity index (χ4v) is 9.69. The number of ether oxygens (including phenoxy) is 6. The Bertz CT molecular complexity index is 1370. The first-order chi connectivity index (χ1) is 27.6. The highest BCUT2D eigenvalue weighted by Gasteiger charge is 2.53. The summed E-state index contributed by atoms with van der Waals surface area (Å²) >= 11 is 0. The Hall–Kier alpha value is -1.58. The molecule has 0 bridgehead atoms. The molecule has 3 aliphatic rings. The first-order valence-corrected chi connectivity index (χ1v) is 21.8. The summed E-state index contributed by atoms with van der Waals surface area (Å²) < 4.78 is 37.8. The van der Waals surface area contributed by atoms with Gasteiger partial charge in [-0.15, -0.1) is 0 Å². The molecule has 0 aliphatic carbocycles. The highest BCUT2D eigenvalue weighted by Crippen LogP contribution is 2.40. The molecule has 3 saturated heterocycles. The molecule has 7 N–H and O–H groups in total. The summed E-state index contributed by atoms with van der Waals surface area (Å²) in [5.74, 6) is -3.16. The van der Waals surface area contributed by atoms with Gasteiger partial charge in [-0.25, -0.2) is 0 Å². The van der Waals surface area contributed by atoms with Crippen molar-refractivity contribution in [2.75, 3.05) is 34.3 Å². The van der Waals surface area contributed by atoms with Gasteiger partial charge >= 0.3 is 5.97 Å². The molecule has 3 rings (SSSR count). The molecule has 0 radical (unpaired) electrons. The zero-order chi connectivity index (χ0) is 45.8. The molecule has 0 aromatic carbocycles. The number of aliphatic hydroxyl groups is 6. The van der Waals surface area contributed by atoms with Crippen LogP contribution in [0.5, 0.6) is 0 Å². The minimum atomic E-state index is -1.84. The minimum absolute atomic E-state index is 0.0869. The Balaban J connectivity index is 2.16. The number of methoxy groups -OCH3 is 1. The predicted octanol–water partition coefficient (Wildman–Crippen LogP) is 1.16. The number of carbonyl (C=O) groups excluding carboxylic acids is 2. The first-order valence-electron chi connectivity index (χ1n) is 21.8. The predicted molar refractivity (Wildman–Crippen MR) is 222 cm³/mol. The van der Waals surface area contributed by atoms with Crippen molar-refractivity contribution in [3.05, 3.63) is 0 Å². The van der Waals surface area contributed by atoms with Crippen molar-refractivity contribution in [2.24, 2.45) is 17.8 Å². The summed E-state index contributed by atoms with van der Waals surface area (Å²) in [6.07, 6.45) is -10.4. The van der Waals surface area contributed by atoms with Crippen LogP contribution < -0.4 is 5.32 Å². The molecule has 3 aliphatic heterocycles. The number of aliphatic hydroxyl groups excluding tert-OH is 4. The van der Waals surface area contributed by atoms with Crippen molar-refractivity contribution in [1.29, 1.82) is 0 Å². The van der Waals surface area contributed by atoms with Crippen LogP contribution in [-0.2, 0) is 38.0 Å². The number of hydrogen-bond donors (Lipinski definition) is 7. The number of carbonyl (C=O) groups is 2. The summed E-state index contributed by atoms with van der Waals surface area (Å²) in [5, 5.41) is 72.3. The second-order valence-corrected chi connectivity index (χ2v) is 19.2. The van der Waals surface area contributed by atoms with Crippen LogP contribution in [0.3, 0.4) is 0 Å². The van der Waals surface area contributed by atoms with Gasteiger partial charge < -0.3 is 69.3 Å². The van der Waals surface area contributed by atoms with E-state index in [1.54, 1.807) is 62.4 Å². The van der Waals surface area contributed by atoms with Crippen LogP contribution in [0.4, 0.5) is 0 Å². The molecule has 0 aromatic heterocycles. The molecule has 352 valence electrons. The fourth-order valence-electron chi connectivity index (χ4n) is 9.69. The molecular weight excluding hydrogens is 782 g/mol. The van der Waals surface area contributed by atoms with E-state index in [1.807, 2.05) is 30.7 Å². The summed E-state index contributed by atoms with van der Waals surface area (Å²) in [7, 11) is 5.09. The summed E-state index contributed by atoms with van der Waals surface area (Å²) in [6, 6.07) is -1.75. The maximum Gasteiger partial charge on any atom is 0.311 e. The molecule has 17 heteroatoms. The van der Waals surface area contributed by atoms with Gasteiger partial charge in [0.05, 0.1) is 53.7 Å². The Morgan fingerprint density at radius 2 is 1.63 bits per heavy atom. The Morgan fingerprint density at radius 3 is 2.18 bits per heavy atom. The van der Waals surface area contributed by atoms with E-state index in [4.69, 9.17) is 28.4 Å². The number of rotatable bonds is 11. The van der Waals surface area contributed by atoms with Crippen LogP contribution in [0, 0.1) is 17.8 Å². The van der Waals surface area contributed by atoms with Crippen LogP contribution >= 0.6 is 0 Å². The van der Waals surface area contributed by atoms with Gasteiger partial charge in [0.1, 0.15) is 30.0 Å². The van der Waals surface area contributed by atoms with Gasteiger partial charge in [0.25, 0.3) is 0 Å². The Morgan fingerprint density at radius 1 is 1.02 bits per heavy atom. The van der Waals surface area contributed by atoms with E-state index < -0.39 is 120 Å². The van der Waals surface area contributed by atoms with Crippen LogP contribution in [0.25, 0.3) is 0 Å². The summed E-state index contributed by atoms with van der Waals surface area (Å²) in [6.45, 7) is 20.8. The third-order valence-electron chi connectivity index (χ3n) is 13.6. The Labute approximate surface area is 358 Å². The van der Waals surface area contributed by atoms with Crippen molar-refractivity contribution in [2.45, 2.75) is 211 Å². The van der Waals surface area contributed by atoms with Gasteiger partial charge in [-0.3, -0.25) is 14.5 Å². The number of amides is 1. The van der Waals surface area contributed by atoms with E-state index >= 15 is 0 Å². The quantitative estimate of drug-likeness (QED) is 0.145. The highest BCUT2D eigenvalue weighted by molar-refractivity contribution is 5.73. The lowest BCUT2D eigenvalue weighted by atomic mass is 9.77. The van der Waals surface area contributed by atoms with E-state index in [-0.39, 0.29) is 37.6 Å². The maximum atomic E-state index is 14.4. The van der Waals surface area contributed by atoms with Gasteiger partial charge in [-0.05, 0) is 94.7 Å². The number of nitrogens with zero attached hydrogens (tertiary/aromatic N) is 2. The lowest BCUT2D eigenvalue weighted by Gasteiger charge is -2.49. The van der Waals surface area contributed by atoms with Gasteiger partial charge in [0.2, 0.25) is 5.91 Å². The smallest absolute Gasteiger partial charge is 0.311 e. The van der Waals surface area contributed by atoms with Crippen LogP contribution in [0.2, 0.25) is 0 Å². The maximum absolute atomic E-state index is 14.4. The molecule has 1 unspecified atom stereocenters. The number of likely N-dealkylation sites (N-methyl/N-ethyl adjacent to an activating group) is 2. The number of nitrogens with one attached hydrogen (secondary N) is 1. The highest BCUT2D eigenvalue weighted by atomic mass is 16.7. The fraction of sp³-hybridized carbons (Fsp3) is 0.953.